The quantitative estimate of drug-likeness (QED) is 0.712. The first-order valence-corrected chi connectivity index (χ1v) is 9.77. The number of carboxylic acid groups (broad SMARTS) is 1. The number of rotatable bonds is 3. The van der Waals surface area contributed by atoms with Crippen LogP contribution >= 0.6 is 0 Å². The average Bonchev–Trinajstić information content (AvgIpc) is 3.54. The molecular weight excluding hydrogens is 370 g/mol. The van der Waals surface area contributed by atoms with E-state index in [4.69, 9.17) is 4.74 Å². The normalized spacial score (nSPS) is 15.9. The van der Waals surface area contributed by atoms with Gasteiger partial charge in [-0.05, 0) is 42.5 Å². The standard InChI is InChI=1S/C22H21N3O4/c1-23-19-8-12-6-7-29-11-18-14(16(12)9-24-19)4-5-15-20(18)25(13-2-3-13)10-17(21(15)26)22(27)28/h4-5,8-10,13H,2-3,6-7,11H2,1H3,(H,23,24)(H,27,28). The molecule has 0 bridgehead atoms. The smallest absolute Gasteiger partial charge is 0.341 e. The summed E-state index contributed by atoms with van der Waals surface area (Å²) >= 11 is 0. The Labute approximate surface area is 167 Å². The Hall–Kier alpha value is -3.19. The lowest BCUT2D eigenvalue weighted by Crippen LogP contribution is -2.20. The summed E-state index contributed by atoms with van der Waals surface area (Å²) in [5.41, 5.74) is 4.22. The fraction of sp³-hybridized carbons (Fsp3) is 0.318. The number of carboxylic acids is 1. The molecule has 1 saturated carbocycles. The highest BCUT2D eigenvalue weighted by Crippen LogP contribution is 2.40. The van der Waals surface area contributed by atoms with Gasteiger partial charge < -0.3 is 19.7 Å². The highest BCUT2D eigenvalue weighted by molar-refractivity contribution is 5.96. The van der Waals surface area contributed by atoms with Crippen molar-refractivity contribution >= 4 is 22.7 Å². The Morgan fingerprint density at radius 2 is 2.14 bits per heavy atom. The molecule has 0 saturated heterocycles. The van der Waals surface area contributed by atoms with Crippen LogP contribution in [0.15, 0.2) is 35.4 Å². The predicted molar refractivity (Wildman–Crippen MR) is 110 cm³/mol. The van der Waals surface area contributed by atoms with Gasteiger partial charge in [0.15, 0.2) is 0 Å². The second-order valence-corrected chi connectivity index (χ2v) is 7.58. The van der Waals surface area contributed by atoms with Crippen LogP contribution in [-0.2, 0) is 17.8 Å². The van der Waals surface area contributed by atoms with Crippen molar-refractivity contribution < 1.29 is 14.6 Å². The summed E-state index contributed by atoms with van der Waals surface area (Å²) in [7, 11) is 1.84. The molecule has 2 aromatic heterocycles. The second kappa shape index (κ2) is 6.70. The lowest BCUT2D eigenvalue weighted by molar-refractivity contribution is 0.0695. The first-order chi connectivity index (χ1) is 14.1. The molecule has 148 valence electrons. The molecule has 1 aliphatic heterocycles. The highest BCUT2D eigenvalue weighted by atomic mass is 16.5. The molecule has 7 nitrogen and oxygen atoms in total. The lowest BCUT2D eigenvalue weighted by Gasteiger charge is -2.22. The number of anilines is 1. The van der Waals surface area contributed by atoms with Gasteiger partial charge in [-0.25, -0.2) is 9.78 Å². The summed E-state index contributed by atoms with van der Waals surface area (Å²) in [4.78, 5) is 29.0. The molecular formula is C22H21N3O4. The van der Waals surface area contributed by atoms with Crippen molar-refractivity contribution in [3.63, 3.8) is 0 Å². The van der Waals surface area contributed by atoms with Crippen LogP contribution in [0, 0.1) is 0 Å². The number of aromatic nitrogens is 2. The van der Waals surface area contributed by atoms with E-state index in [2.05, 4.69) is 10.3 Å². The molecule has 0 atom stereocenters. The molecule has 29 heavy (non-hydrogen) atoms. The van der Waals surface area contributed by atoms with Crippen LogP contribution in [0.5, 0.6) is 0 Å². The molecule has 5 rings (SSSR count). The van der Waals surface area contributed by atoms with E-state index in [-0.39, 0.29) is 11.6 Å². The van der Waals surface area contributed by atoms with Crippen LogP contribution in [0.4, 0.5) is 5.82 Å². The van der Waals surface area contributed by atoms with E-state index >= 15 is 0 Å². The van der Waals surface area contributed by atoms with E-state index in [1.54, 1.807) is 6.07 Å². The zero-order valence-corrected chi connectivity index (χ0v) is 16.1. The third-order valence-electron chi connectivity index (χ3n) is 5.77. The molecule has 1 fully saturated rings. The minimum atomic E-state index is -1.19. The fourth-order valence-electron chi connectivity index (χ4n) is 4.15. The molecule has 1 aliphatic carbocycles. The number of nitrogens with one attached hydrogen (secondary N) is 1. The topological polar surface area (TPSA) is 93.5 Å². The second-order valence-electron chi connectivity index (χ2n) is 7.58. The Bertz CT molecular complexity index is 1210. The van der Waals surface area contributed by atoms with Crippen molar-refractivity contribution in [3.8, 4) is 11.1 Å². The molecule has 2 N–H and O–H groups in total. The monoisotopic (exact) mass is 391 g/mol. The number of fused-ring (bicyclic) bond motifs is 5. The maximum Gasteiger partial charge on any atom is 0.341 e. The zero-order valence-electron chi connectivity index (χ0n) is 16.1. The van der Waals surface area contributed by atoms with Gasteiger partial charge in [-0.2, -0.15) is 0 Å². The van der Waals surface area contributed by atoms with Gasteiger partial charge in [0.1, 0.15) is 11.4 Å². The van der Waals surface area contributed by atoms with Crippen LogP contribution in [0.25, 0.3) is 22.0 Å². The number of carbonyl (C=O) groups is 1. The van der Waals surface area contributed by atoms with Crippen LogP contribution in [0.2, 0.25) is 0 Å². The van der Waals surface area contributed by atoms with Crippen LogP contribution in [-0.4, -0.2) is 34.3 Å². The Balaban J connectivity index is 1.85. The molecule has 0 radical (unpaired) electrons. The maximum absolute atomic E-state index is 12.9. The van der Waals surface area contributed by atoms with Crippen molar-refractivity contribution in [3.05, 3.63) is 57.5 Å². The molecule has 7 heteroatoms. The lowest BCUT2D eigenvalue weighted by atomic mass is 9.92. The first-order valence-electron chi connectivity index (χ1n) is 9.77. The number of nitrogens with zero attached hydrogens (tertiary/aromatic N) is 2. The van der Waals surface area contributed by atoms with Crippen LogP contribution in [0.1, 0.15) is 40.4 Å². The van der Waals surface area contributed by atoms with E-state index in [1.165, 1.54) is 6.20 Å². The van der Waals surface area contributed by atoms with Crippen molar-refractivity contribution in [2.45, 2.75) is 31.9 Å². The van der Waals surface area contributed by atoms with Crippen molar-refractivity contribution in [2.24, 2.45) is 0 Å². The van der Waals surface area contributed by atoms with E-state index in [0.29, 0.717) is 18.6 Å². The van der Waals surface area contributed by atoms with Gasteiger partial charge in [0.05, 0.1) is 18.7 Å². The number of hydrogen-bond acceptors (Lipinski definition) is 5. The number of pyridine rings is 2. The van der Waals surface area contributed by atoms with Gasteiger partial charge >= 0.3 is 5.97 Å². The van der Waals surface area contributed by atoms with Crippen molar-refractivity contribution in [2.75, 3.05) is 19.0 Å². The van der Waals surface area contributed by atoms with Gasteiger partial charge in [-0.15, -0.1) is 0 Å². The van der Waals surface area contributed by atoms with Crippen LogP contribution in [0.3, 0.4) is 0 Å². The number of aromatic carboxylic acids is 1. The minimum Gasteiger partial charge on any atom is -0.477 e. The summed E-state index contributed by atoms with van der Waals surface area (Å²) in [6, 6.07) is 5.90. The largest absolute Gasteiger partial charge is 0.477 e. The third-order valence-corrected chi connectivity index (χ3v) is 5.77. The molecule has 2 aliphatic rings. The summed E-state index contributed by atoms with van der Waals surface area (Å²) in [6.07, 6.45) is 6.10. The van der Waals surface area contributed by atoms with E-state index in [9.17, 15) is 14.7 Å². The van der Waals surface area contributed by atoms with Gasteiger partial charge in [-0.3, -0.25) is 4.79 Å². The Kier molecular flexibility index (Phi) is 4.13. The molecule has 0 unspecified atom stereocenters. The third kappa shape index (κ3) is 2.89. The number of benzene rings is 1. The van der Waals surface area contributed by atoms with Gasteiger partial charge in [0, 0.05) is 42.0 Å². The van der Waals surface area contributed by atoms with Crippen LogP contribution < -0.4 is 10.7 Å². The van der Waals surface area contributed by atoms with E-state index in [1.807, 2.05) is 29.9 Å². The highest BCUT2D eigenvalue weighted by Gasteiger charge is 2.29. The van der Waals surface area contributed by atoms with E-state index < -0.39 is 11.4 Å². The SMILES string of the molecule is CNc1cc2c(cn1)-c1ccc3c(=O)c(C(=O)O)cn(C4CC4)c3c1COCC2. The first kappa shape index (κ1) is 17.9. The summed E-state index contributed by atoms with van der Waals surface area (Å²) < 4.78 is 7.91. The van der Waals surface area contributed by atoms with E-state index in [0.717, 1.165) is 52.9 Å². The van der Waals surface area contributed by atoms with Gasteiger partial charge in [0.2, 0.25) is 5.43 Å². The summed E-state index contributed by atoms with van der Waals surface area (Å²) in [5, 5.41) is 13.0. The molecule has 1 aromatic carbocycles. The summed E-state index contributed by atoms with van der Waals surface area (Å²) in [5.74, 6) is -0.393. The predicted octanol–water partition coefficient (Wildman–Crippen LogP) is 3.21. The average molecular weight is 391 g/mol. The van der Waals surface area contributed by atoms with Gasteiger partial charge in [-0.1, -0.05) is 6.07 Å². The fourth-order valence-corrected chi connectivity index (χ4v) is 4.15. The molecule has 0 spiro atoms. The van der Waals surface area contributed by atoms with Gasteiger partial charge in [0.25, 0.3) is 0 Å². The van der Waals surface area contributed by atoms with Crippen molar-refractivity contribution in [1.29, 1.82) is 0 Å². The number of hydrogen-bond donors (Lipinski definition) is 2. The number of ether oxygens (including phenoxy) is 1. The maximum atomic E-state index is 12.9. The summed E-state index contributed by atoms with van der Waals surface area (Å²) in [6.45, 7) is 0.940. The van der Waals surface area contributed by atoms with Crippen molar-refractivity contribution in [1.82, 2.24) is 9.55 Å². The zero-order chi connectivity index (χ0) is 20.1. The minimum absolute atomic E-state index is 0.183. The molecule has 3 aromatic rings. The Morgan fingerprint density at radius 3 is 2.86 bits per heavy atom. The molecule has 3 heterocycles. The Morgan fingerprint density at radius 1 is 1.31 bits per heavy atom. The molecule has 0 amide bonds.